The maximum Gasteiger partial charge on any atom is 0.0883 e. The molecule has 0 amide bonds. The van der Waals surface area contributed by atoms with Crippen molar-refractivity contribution in [3.05, 3.63) is 29.6 Å². The van der Waals surface area contributed by atoms with Crippen LogP contribution in [0.15, 0.2) is 18.3 Å². The standard InChI is InChI=1S/C13H16N4/c1-3-15-11-7-9-2-5-17-6-4-14-8-12(17)13(9)16-10(1)11/h1,3,7,12,14-15H,2,4-6,8H2. The van der Waals surface area contributed by atoms with Gasteiger partial charge in [-0.2, -0.15) is 0 Å². The quantitative estimate of drug-likeness (QED) is 0.709. The Morgan fingerprint density at radius 3 is 3.35 bits per heavy atom. The largest absolute Gasteiger partial charge is 0.360 e. The van der Waals surface area contributed by atoms with E-state index in [9.17, 15) is 0 Å². The molecule has 1 saturated heterocycles. The Bertz CT molecular complexity index is 560. The van der Waals surface area contributed by atoms with Crippen LogP contribution in [0, 0.1) is 0 Å². The molecule has 1 atom stereocenters. The zero-order valence-corrected chi connectivity index (χ0v) is 9.74. The zero-order chi connectivity index (χ0) is 11.2. The molecule has 17 heavy (non-hydrogen) atoms. The fraction of sp³-hybridized carbons (Fsp3) is 0.462. The molecule has 1 fully saturated rings. The van der Waals surface area contributed by atoms with Crippen LogP contribution in [0.5, 0.6) is 0 Å². The van der Waals surface area contributed by atoms with Gasteiger partial charge in [0.15, 0.2) is 0 Å². The van der Waals surface area contributed by atoms with E-state index in [4.69, 9.17) is 4.98 Å². The van der Waals surface area contributed by atoms with Gasteiger partial charge in [0.25, 0.3) is 0 Å². The molecule has 0 radical (unpaired) electrons. The molecule has 0 spiro atoms. The van der Waals surface area contributed by atoms with E-state index in [2.05, 4.69) is 27.3 Å². The van der Waals surface area contributed by atoms with E-state index in [1.165, 1.54) is 23.3 Å². The highest BCUT2D eigenvalue weighted by atomic mass is 15.2. The Balaban J connectivity index is 1.87. The molecule has 0 aliphatic carbocycles. The molecule has 0 aromatic carbocycles. The summed E-state index contributed by atoms with van der Waals surface area (Å²) in [5.74, 6) is 0. The van der Waals surface area contributed by atoms with Crippen LogP contribution in [0.1, 0.15) is 17.3 Å². The first-order valence-electron chi connectivity index (χ1n) is 6.33. The van der Waals surface area contributed by atoms with Crippen LogP contribution in [0.2, 0.25) is 0 Å². The number of aromatic nitrogens is 2. The van der Waals surface area contributed by atoms with Crippen LogP contribution in [-0.4, -0.2) is 41.0 Å². The highest BCUT2D eigenvalue weighted by molar-refractivity contribution is 5.76. The predicted octanol–water partition coefficient (Wildman–Crippen LogP) is 1.07. The molecule has 4 heterocycles. The Morgan fingerprint density at radius 1 is 1.35 bits per heavy atom. The van der Waals surface area contributed by atoms with Crippen LogP contribution >= 0.6 is 0 Å². The lowest BCUT2D eigenvalue weighted by Gasteiger charge is -2.40. The van der Waals surface area contributed by atoms with Gasteiger partial charge in [0.2, 0.25) is 0 Å². The Morgan fingerprint density at radius 2 is 2.35 bits per heavy atom. The number of fused-ring (bicyclic) bond motifs is 4. The van der Waals surface area contributed by atoms with Gasteiger partial charge in [0, 0.05) is 32.4 Å². The third kappa shape index (κ3) is 1.41. The van der Waals surface area contributed by atoms with Crippen LogP contribution in [-0.2, 0) is 6.42 Å². The molecular formula is C13H16N4. The number of nitrogens with one attached hydrogen (secondary N) is 2. The summed E-state index contributed by atoms with van der Waals surface area (Å²) in [6.45, 7) is 4.47. The molecule has 2 aromatic heterocycles. The van der Waals surface area contributed by atoms with Gasteiger partial charge in [-0.3, -0.25) is 4.90 Å². The van der Waals surface area contributed by atoms with Crippen LogP contribution in [0.3, 0.4) is 0 Å². The number of H-pyrrole nitrogens is 1. The zero-order valence-electron chi connectivity index (χ0n) is 9.74. The smallest absolute Gasteiger partial charge is 0.0883 e. The van der Waals surface area contributed by atoms with Crippen molar-refractivity contribution in [2.24, 2.45) is 0 Å². The first-order chi connectivity index (χ1) is 8.42. The molecule has 88 valence electrons. The van der Waals surface area contributed by atoms with E-state index >= 15 is 0 Å². The lowest BCUT2D eigenvalue weighted by molar-refractivity contribution is 0.148. The number of hydrogen-bond acceptors (Lipinski definition) is 3. The minimum absolute atomic E-state index is 0.479. The summed E-state index contributed by atoms with van der Waals surface area (Å²) < 4.78 is 0. The predicted molar refractivity (Wildman–Crippen MR) is 67.0 cm³/mol. The highest BCUT2D eigenvalue weighted by Crippen LogP contribution is 2.30. The molecule has 4 heteroatoms. The summed E-state index contributed by atoms with van der Waals surface area (Å²) in [5.41, 5.74) is 4.97. The lowest BCUT2D eigenvalue weighted by atomic mass is 9.96. The second-order valence-electron chi connectivity index (χ2n) is 4.95. The number of hydrogen-bond donors (Lipinski definition) is 2. The summed E-state index contributed by atoms with van der Waals surface area (Å²) in [6.07, 6.45) is 3.10. The van der Waals surface area contributed by atoms with Gasteiger partial charge in [0.1, 0.15) is 0 Å². The summed E-state index contributed by atoms with van der Waals surface area (Å²) >= 11 is 0. The fourth-order valence-corrected chi connectivity index (χ4v) is 3.07. The Labute approximate surface area is 100 Å². The number of pyridine rings is 1. The maximum atomic E-state index is 4.85. The topological polar surface area (TPSA) is 44.0 Å². The highest BCUT2D eigenvalue weighted by Gasteiger charge is 2.30. The van der Waals surface area contributed by atoms with E-state index in [1.54, 1.807) is 0 Å². The Kier molecular flexibility index (Phi) is 2.01. The number of nitrogens with zero attached hydrogens (tertiary/aromatic N) is 2. The molecular weight excluding hydrogens is 212 g/mol. The van der Waals surface area contributed by atoms with E-state index in [1.807, 2.05) is 6.20 Å². The summed E-state index contributed by atoms with van der Waals surface area (Å²) in [7, 11) is 0. The summed E-state index contributed by atoms with van der Waals surface area (Å²) in [5, 5.41) is 3.48. The average molecular weight is 228 g/mol. The van der Waals surface area contributed by atoms with Crippen molar-refractivity contribution in [3.8, 4) is 0 Å². The van der Waals surface area contributed by atoms with Crippen LogP contribution < -0.4 is 5.32 Å². The van der Waals surface area contributed by atoms with Crippen molar-refractivity contribution in [1.82, 2.24) is 20.2 Å². The van der Waals surface area contributed by atoms with Gasteiger partial charge >= 0.3 is 0 Å². The molecule has 0 saturated carbocycles. The van der Waals surface area contributed by atoms with Crippen molar-refractivity contribution >= 4 is 11.0 Å². The van der Waals surface area contributed by atoms with Crippen LogP contribution in [0.4, 0.5) is 0 Å². The van der Waals surface area contributed by atoms with Crippen LogP contribution in [0.25, 0.3) is 11.0 Å². The molecule has 2 aliphatic rings. The van der Waals surface area contributed by atoms with E-state index < -0.39 is 0 Å². The molecule has 1 unspecified atom stereocenters. The molecule has 0 bridgehead atoms. The third-order valence-electron chi connectivity index (χ3n) is 3.98. The van der Waals surface area contributed by atoms with Gasteiger partial charge in [-0.15, -0.1) is 0 Å². The fourth-order valence-electron chi connectivity index (χ4n) is 3.07. The monoisotopic (exact) mass is 228 g/mol. The Hall–Kier alpha value is -1.39. The van der Waals surface area contributed by atoms with Crippen molar-refractivity contribution in [2.75, 3.05) is 26.2 Å². The third-order valence-corrected chi connectivity index (χ3v) is 3.98. The molecule has 2 N–H and O–H groups in total. The molecule has 2 aliphatic heterocycles. The summed E-state index contributed by atoms with van der Waals surface area (Å²) in [6, 6.07) is 4.82. The second kappa shape index (κ2) is 3.55. The number of piperazine rings is 1. The lowest BCUT2D eigenvalue weighted by Crippen LogP contribution is -2.49. The van der Waals surface area contributed by atoms with Crippen molar-refractivity contribution < 1.29 is 0 Å². The minimum atomic E-state index is 0.479. The second-order valence-corrected chi connectivity index (χ2v) is 4.95. The van der Waals surface area contributed by atoms with E-state index in [-0.39, 0.29) is 0 Å². The van der Waals surface area contributed by atoms with Gasteiger partial charge in [0.05, 0.1) is 22.8 Å². The van der Waals surface area contributed by atoms with Gasteiger partial charge in [-0.05, 0) is 24.1 Å². The molecule has 4 rings (SSSR count). The van der Waals surface area contributed by atoms with Crippen molar-refractivity contribution in [1.29, 1.82) is 0 Å². The van der Waals surface area contributed by atoms with Gasteiger partial charge in [-0.25, -0.2) is 4.98 Å². The average Bonchev–Trinajstić information content (AvgIpc) is 2.83. The number of aromatic amines is 1. The first-order valence-corrected chi connectivity index (χ1v) is 6.33. The van der Waals surface area contributed by atoms with E-state index in [0.29, 0.717) is 6.04 Å². The number of rotatable bonds is 0. The van der Waals surface area contributed by atoms with Gasteiger partial charge in [-0.1, -0.05) is 0 Å². The minimum Gasteiger partial charge on any atom is -0.360 e. The van der Waals surface area contributed by atoms with Crippen molar-refractivity contribution in [2.45, 2.75) is 12.5 Å². The van der Waals surface area contributed by atoms with E-state index in [0.717, 1.165) is 31.6 Å². The van der Waals surface area contributed by atoms with Gasteiger partial charge < -0.3 is 10.3 Å². The van der Waals surface area contributed by atoms with Crippen molar-refractivity contribution in [3.63, 3.8) is 0 Å². The molecule has 4 nitrogen and oxygen atoms in total. The SMILES string of the molecule is c1cc2nc3c(cc2[nH]1)CCN1CCNCC31. The normalized spacial score (nSPS) is 24.6. The summed E-state index contributed by atoms with van der Waals surface area (Å²) in [4.78, 5) is 10.7. The maximum absolute atomic E-state index is 4.85. The first kappa shape index (κ1) is 9.62. The molecule has 2 aromatic rings.